The fraction of sp³-hybridized carbons (Fsp3) is 0.238. The van der Waals surface area contributed by atoms with Gasteiger partial charge in [-0.15, -0.1) is 10.2 Å². The van der Waals surface area contributed by atoms with E-state index >= 15 is 0 Å². The number of halogens is 2. The van der Waals surface area contributed by atoms with Crippen molar-refractivity contribution in [3.8, 4) is 0 Å². The van der Waals surface area contributed by atoms with Crippen LogP contribution in [0.25, 0.3) is 16.7 Å². The zero-order valence-corrected chi connectivity index (χ0v) is 17.1. The number of fused-ring (bicyclic) bond motifs is 3. The number of benzene rings is 2. The molecule has 154 valence electrons. The van der Waals surface area contributed by atoms with Crippen LogP contribution in [0.4, 0.5) is 8.78 Å². The number of carbonyl (C=O) groups excluding carboxylic acids is 1. The molecule has 0 spiro atoms. The lowest BCUT2D eigenvalue weighted by atomic mass is 10.1. The molecule has 0 aliphatic heterocycles. The summed E-state index contributed by atoms with van der Waals surface area (Å²) in [6, 6.07) is 10.2. The molecule has 30 heavy (non-hydrogen) atoms. The van der Waals surface area contributed by atoms with E-state index in [0.29, 0.717) is 28.4 Å². The van der Waals surface area contributed by atoms with E-state index in [0.717, 1.165) is 30.3 Å². The van der Waals surface area contributed by atoms with Crippen molar-refractivity contribution in [1.29, 1.82) is 0 Å². The van der Waals surface area contributed by atoms with Crippen LogP contribution in [0.1, 0.15) is 30.6 Å². The van der Waals surface area contributed by atoms with Gasteiger partial charge in [-0.1, -0.05) is 30.8 Å². The Morgan fingerprint density at radius 3 is 2.63 bits per heavy atom. The summed E-state index contributed by atoms with van der Waals surface area (Å²) in [7, 11) is 0. The van der Waals surface area contributed by atoms with Crippen molar-refractivity contribution in [2.45, 2.75) is 37.2 Å². The highest BCUT2D eigenvalue weighted by Gasteiger charge is 2.23. The average molecular weight is 428 g/mol. The molecule has 4 aromatic rings. The van der Waals surface area contributed by atoms with Crippen molar-refractivity contribution >= 4 is 34.2 Å². The van der Waals surface area contributed by atoms with E-state index in [1.165, 1.54) is 6.07 Å². The number of hydrogen-bond donors (Lipinski definition) is 0. The lowest BCUT2D eigenvalue weighted by Crippen LogP contribution is -2.23. The lowest BCUT2D eigenvalue weighted by molar-refractivity contribution is 0.0993. The molecular weight excluding hydrogens is 410 g/mol. The summed E-state index contributed by atoms with van der Waals surface area (Å²) < 4.78 is 30.0. The summed E-state index contributed by atoms with van der Waals surface area (Å²) in [5, 5.41) is 8.74. The van der Waals surface area contributed by atoms with Gasteiger partial charge >= 0.3 is 0 Å². The Morgan fingerprint density at radius 2 is 1.90 bits per heavy atom. The Kier molecular flexibility index (Phi) is 5.38. The van der Waals surface area contributed by atoms with E-state index < -0.39 is 16.9 Å². The predicted molar refractivity (Wildman–Crippen MR) is 111 cm³/mol. The summed E-state index contributed by atoms with van der Waals surface area (Å²) in [6.45, 7) is 4.12. The molecule has 0 fully saturated rings. The van der Waals surface area contributed by atoms with Crippen molar-refractivity contribution in [3.05, 3.63) is 70.0 Å². The first-order chi connectivity index (χ1) is 14.4. The Labute approximate surface area is 174 Å². The van der Waals surface area contributed by atoms with E-state index in [4.69, 9.17) is 0 Å². The molecule has 2 heterocycles. The maximum atomic E-state index is 13.5. The summed E-state index contributed by atoms with van der Waals surface area (Å²) in [6.07, 6.45) is 0.744. The first-order valence-corrected chi connectivity index (χ1v) is 10.3. The number of para-hydroxylation sites is 1. The number of aryl methyl sites for hydroxylation is 1. The number of hydrogen-bond acceptors (Lipinski definition) is 5. The third kappa shape index (κ3) is 3.39. The third-order valence-electron chi connectivity index (χ3n) is 4.78. The van der Waals surface area contributed by atoms with E-state index in [1.807, 2.05) is 13.0 Å². The van der Waals surface area contributed by atoms with Gasteiger partial charge in [-0.25, -0.2) is 8.78 Å². The molecule has 2 aromatic heterocycles. The van der Waals surface area contributed by atoms with Crippen molar-refractivity contribution in [3.63, 3.8) is 0 Å². The van der Waals surface area contributed by atoms with Gasteiger partial charge in [0.15, 0.2) is 22.6 Å². The van der Waals surface area contributed by atoms with Crippen LogP contribution in [0.3, 0.4) is 0 Å². The van der Waals surface area contributed by atoms with Crippen molar-refractivity contribution in [1.82, 2.24) is 19.2 Å². The fourth-order valence-electron chi connectivity index (χ4n) is 3.33. The zero-order chi connectivity index (χ0) is 21.4. The van der Waals surface area contributed by atoms with Crippen LogP contribution in [-0.2, 0) is 6.54 Å². The Hall–Kier alpha value is -3.07. The van der Waals surface area contributed by atoms with Crippen LogP contribution in [0, 0.1) is 11.6 Å². The third-order valence-corrected chi connectivity index (χ3v) is 5.82. The number of nitrogens with zero attached hydrogens (tertiary/aromatic N) is 4. The number of thioether (sulfide) groups is 1. The minimum atomic E-state index is -1.07. The second kappa shape index (κ2) is 7.98. The highest BCUT2D eigenvalue weighted by atomic mass is 32.2. The number of Topliss-reactive ketones (excluding diaryl/α,β-unsaturated/α-hetero) is 1. The molecule has 4 rings (SSSR count). The van der Waals surface area contributed by atoms with E-state index in [1.54, 1.807) is 34.1 Å². The summed E-state index contributed by atoms with van der Waals surface area (Å²) >= 11 is 1.15. The fourth-order valence-corrected chi connectivity index (χ4v) is 4.26. The minimum absolute atomic E-state index is 0.0791. The molecule has 6 nitrogen and oxygen atoms in total. The van der Waals surface area contributed by atoms with Gasteiger partial charge in [0.1, 0.15) is 0 Å². The van der Waals surface area contributed by atoms with Crippen molar-refractivity contribution < 1.29 is 13.6 Å². The highest BCUT2D eigenvalue weighted by Crippen LogP contribution is 2.27. The second-order valence-electron chi connectivity index (χ2n) is 6.85. The maximum Gasteiger partial charge on any atom is 0.262 e. The first kappa shape index (κ1) is 20.2. The normalized spacial score (nSPS) is 12.5. The Balaban J connectivity index is 1.79. The van der Waals surface area contributed by atoms with Gasteiger partial charge in [-0.05, 0) is 43.7 Å². The van der Waals surface area contributed by atoms with Crippen LogP contribution < -0.4 is 5.56 Å². The summed E-state index contributed by atoms with van der Waals surface area (Å²) in [5.41, 5.74) is 0.579. The van der Waals surface area contributed by atoms with E-state index in [2.05, 4.69) is 10.2 Å². The first-order valence-electron chi connectivity index (χ1n) is 9.45. The monoisotopic (exact) mass is 428 g/mol. The molecule has 9 heteroatoms. The quantitative estimate of drug-likeness (QED) is 0.342. The molecule has 2 aromatic carbocycles. The van der Waals surface area contributed by atoms with Crippen LogP contribution in [0.5, 0.6) is 0 Å². The van der Waals surface area contributed by atoms with Gasteiger partial charge in [0.2, 0.25) is 5.78 Å². The van der Waals surface area contributed by atoms with Crippen LogP contribution in [0.15, 0.2) is 52.4 Å². The molecule has 0 radical (unpaired) electrons. The van der Waals surface area contributed by atoms with Gasteiger partial charge in [0.05, 0.1) is 16.2 Å². The summed E-state index contributed by atoms with van der Waals surface area (Å²) in [4.78, 5) is 25.6. The molecule has 0 amide bonds. The number of rotatable bonds is 6. The Morgan fingerprint density at radius 1 is 1.13 bits per heavy atom. The largest absolute Gasteiger partial charge is 0.293 e. The number of carbonyl (C=O) groups is 1. The minimum Gasteiger partial charge on any atom is -0.293 e. The molecule has 0 saturated carbocycles. The Bertz CT molecular complexity index is 1330. The zero-order valence-electron chi connectivity index (χ0n) is 16.3. The topological polar surface area (TPSA) is 69.3 Å². The van der Waals surface area contributed by atoms with E-state index in [9.17, 15) is 18.4 Å². The van der Waals surface area contributed by atoms with Gasteiger partial charge in [0, 0.05) is 12.1 Å². The maximum absolute atomic E-state index is 13.5. The lowest BCUT2D eigenvalue weighted by Gasteiger charge is -2.12. The number of aromatic nitrogens is 4. The standard InChI is InChI=1S/C21H18F2N4O2S/c1-3-10-26-19(29)14-6-4-5-7-17(14)27-20(26)24-25-21(27)30-12(2)18(28)13-8-9-15(22)16(23)11-13/h4-9,11-12H,3,10H2,1-2H3. The molecule has 0 aliphatic rings. The van der Waals surface area contributed by atoms with Crippen molar-refractivity contribution in [2.24, 2.45) is 0 Å². The molecule has 0 saturated heterocycles. The van der Waals surface area contributed by atoms with E-state index in [-0.39, 0.29) is 16.9 Å². The SMILES string of the molecule is CCCn1c(=O)c2ccccc2n2c(SC(C)C(=O)c3ccc(F)c(F)c3)nnc12. The highest BCUT2D eigenvalue weighted by molar-refractivity contribution is 8.00. The molecule has 0 bridgehead atoms. The summed E-state index contributed by atoms with van der Waals surface area (Å²) in [5.74, 6) is -2.03. The molecule has 1 unspecified atom stereocenters. The van der Waals surface area contributed by atoms with Gasteiger partial charge in [-0.3, -0.25) is 18.6 Å². The molecular formula is C21H18F2N4O2S. The predicted octanol–water partition coefficient (Wildman–Crippen LogP) is 4.10. The molecule has 0 N–H and O–H groups in total. The second-order valence-corrected chi connectivity index (χ2v) is 8.15. The van der Waals surface area contributed by atoms with Crippen LogP contribution >= 0.6 is 11.8 Å². The van der Waals surface area contributed by atoms with Crippen LogP contribution in [0.2, 0.25) is 0 Å². The van der Waals surface area contributed by atoms with Gasteiger partial charge in [-0.2, -0.15) is 0 Å². The smallest absolute Gasteiger partial charge is 0.262 e. The molecule has 0 aliphatic carbocycles. The van der Waals surface area contributed by atoms with Gasteiger partial charge < -0.3 is 0 Å². The number of ketones is 1. The van der Waals surface area contributed by atoms with Crippen molar-refractivity contribution in [2.75, 3.05) is 0 Å². The molecule has 1 atom stereocenters. The average Bonchev–Trinajstić information content (AvgIpc) is 3.16. The van der Waals surface area contributed by atoms with Gasteiger partial charge in [0.25, 0.3) is 5.56 Å². The van der Waals surface area contributed by atoms with Crippen LogP contribution in [-0.4, -0.2) is 30.2 Å².